The fourth-order valence-electron chi connectivity index (χ4n) is 3.40. The van der Waals surface area contributed by atoms with Crippen LogP contribution in [0.5, 0.6) is 5.75 Å². The van der Waals surface area contributed by atoms with Crippen molar-refractivity contribution in [3.8, 4) is 5.75 Å². The molecule has 5 nitrogen and oxygen atoms in total. The minimum absolute atomic E-state index is 0.133. The van der Waals surface area contributed by atoms with E-state index in [9.17, 15) is 27.2 Å². The third kappa shape index (κ3) is 4.92. The molecule has 2 aromatic carbocycles. The molecule has 0 atom stereocenters. The summed E-state index contributed by atoms with van der Waals surface area (Å²) < 4.78 is 56.0. The molecule has 9 heteroatoms. The van der Waals surface area contributed by atoms with Crippen LogP contribution in [0.15, 0.2) is 48.5 Å². The molecule has 170 valence electrons. The standard InChI is InChI=1S/C23H22F4N2O3/c1-22(2)12-14-6-9-16(32-3)10-17(14)18(29-22)11-19(30)13-4-7-15(8-5-13)28-21(31)23(26,27)20(24)25/h4-11,20,29H,12H2,1-3H3,(H,28,31). The number of amides is 1. The van der Waals surface area contributed by atoms with Gasteiger partial charge in [-0.25, -0.2) is 8.78 Å². The van der Waals surface area contributed by atoms with E-state index in [1.165, 1.54) is 30.3 Å². The molecule has 1 amide bonds. The highest BCUT2D eigenvalue weighted by molar-refractivity contribution is 6.09. The minimum atomic E-state index is -4.81. The minimum Gasteiger partial charge on any atom is -0.497 e. The molecule has 0 unspecified atom stereocenters. The predicted molar refractivity (Wildman–Crippen MR) is 112 cm³/mol. The second kappa shape index (κ2) is 8.64. The highest BCUT2D eigenvalue weighted by Crippen LogP contribution is 2.32. The lowest BCUT2D eigenvalue weighted by Gasteiger charge is -2.35. The molecule has 0 saturated carbocycles. The highest BCUT2D eigenvalue weighted by atomic mass is 19.3. The zero-order chi connectivity index (χ0) is 23.7. The number of anilines is 1. The Labute approximate surface area is 182 Å². The number of nitrogens with one attached hydrogen (secondary N) is 2. The Morgan fingerprint density at radius 1 is 1.16 bits per heavy atom. The number of benzene rings is 2. The number of rotatable bonds is 6. The van der Waals surface area contributed by atoms with E-state index in [-0.39, 0.29) is 22.6 Å². The summed E-state index contributed by atoms with van der Waals surface area (Å²) in [4.78, 5) is 24.2. The van der Waals surface area contributed by atoms with Crippen LogP contribution in [0.25, 0.3) is 5.70 Å². The average molecular weight is 450 g/mol. The number of ketones is 1. The summed E-state index contributed by atoms with van der Waals surface area (Å²) in [6.45, 7) is 4.01. The first-order valence-corrected chi connectivity index (χ1v) is 9.72. The van der Waals surface area contributed by atoms with Crippen LogP contribution in [-0.2, 0) is 11.2 Å². The van der Waals surface area contributed by atoms with Gasteiger partial charge in [-0.3, -0.25) is 9.59 Å². The molecule has 0 saturated heterocycles. The van der Waals surface area contributed by atoms with Crippen molar-refractivity contribution in [2.24, 2.45) is 0 Å². The van der Waals surface area contributed by atoms with E-state index in [1.807, 2.05) is 32.0 Å². The van der Waals surface area contributed by atoms with Crippen LogP contribution >= 0.6 is 0 Å². The number of alkyl halides is 4. The van der Waals surface area contributed by atoms with Gasteiger partial charge in [0.15, 0.2) is 5.78 Å². The monoisotopic (exact) mass is 450 g/mol. The van der Waals surface area contributed by atoms with Crippen LogP contribution in [0, 0.1) is 0 Å². The van der Waals surface area contributed by atoms with Crippen molar-refractivity contribution >= 4 is 23.1 Å². The second-order valence-electron chi connectivity index (χ2n) is 8.09. The summed E-state index contributed by atoms with van der Waals surface area (Å²) in [7, 11) is 1.55. The SMILES string of the molecule is COc1ccc2c(c1)C(=CC(=O)c1ccc(NC(=O)C(F)(F)C(F)F)cc1)NC(C)(C)C2. The van der Waals surface area contributed by atoms with Gasteiger partial charge in [-0.05, 0) is 62.2 Å². The Morgan fingerprint density at radius 3 is 2.41 bits per heavy atom. The summed E-state index contributed by atoms with van der Waals surface area (Å²) >= 11 is 0. The predicted octanol–water partition coefficient (Wildman–Crippen LogP) is 4.68. The van der Waals surface area contributed by atoms with Crippen LogP contribution < -0.4 is 15.4 Å². The number of carbonyl (C=O) groups is 2. The molecule has 0 fully saturated rings. The smallest absolute Gasteiger partial charge is 0.383 e. The van der Waals surface area contributed by atoms with Gasteiger partial charge < -0.3 is 15.4 Å². The molecule has 0 aliphatic carbocycles. The summed E-state index contributed by atoms with van der Waals surface area (Å²) in [6.07, 6.45) is -1.95. The van der Waals surface area contributed by atoms with Gasteiger partial charge in [0.05, 0.1) is 7.11 Å². The van der Waals surface area contributed by atoms with E-state index < -0.39 is 18.3 Å². The van der Waals surface area contributed by atoms with Crippen LogP contribution in [0.4, 0.5) is 23.2 Å². The number of methoxy groups -OCH3 is 1. The Kier molecular flexibility index (Phi) is 6.29. The Hall–Kier alpha value is -3.36. The number of carbonyl (C=O) groups excluding carboxylic acids is 2. The first-order valence-electron chi connectivity index (χ1n) is 9.72. The molecule has 1 aliphatic heterocycles. The molecule has 1 heterocycles. The van der Waals surface area contributed by atoms with Gasteiger partial charge in [-0.2, -0.15) is 8.78 Å². The molecule has 0 radical (unpaired) electrons. The summed E-state index contributed by atoms with van der Waals surface area (Å²) in [5, 5.41) is 5.06. The topological polar surface area (TPSA) is 67.4 Å². The van der Waals surface area contributed by atoms with Crippen molar-refractivity contribution in [2.45, 2.75) is 38.2 Å². The van der Waals surface area contributed by atoms with Crippen molar-refractivity contribution in [3.05, 3.63) is 65.2 Å². The zero-order valence-corrected chi connectivity index (χ0v) is 17.6. The average Bonchev–Trinajstić information content (AvgIpc) is 2.73. The number of ether oxygens (including phenoxy) is 1. The van der Waals surface area contributed by atoms with E-state index in [2.05, 4.69) is 5.32 Å². The van der Waals surface area contributed by atoms with Crippen molar-refractivity contribution in [3.63, 3.8) is 0 Å². The van der Waals surface area contributed by atoms with Gasteiger partial charge in [-0.15, -0.1) is 0 Å². The van der Waals surface area contributed by atoms with E-state index in [0.717, 1.165) is 17.5 Å². The fraction of sp³-hybridized carbons (Fsp3) is 0.304. The quantitative estimate of drug-likeness (QED) is 0.381. The second-order valence-corrected chi connectivity index (χ2v) is 8.09. The highest BCUT2D eigenvalue weighted by Gasteiger charge is 2.48. The molecule has 0 spiro atoms. The molecule has 2 aromatic rings. The zero-order valence-electron chi connectivity index (χ0n) is 17.6. The lowest BCUT2D eigenvalue weighted by molar-refractivity contribution is -0.163. The largest absolute Gasteiger partial charge is 0.497 e. The Bertz CT molecular complexity index is 1060. The molecule has 3 rings (SSSR count). The molecule has 1 aliphatic rings. The molecule has 0 bridgehead atoms. The summed E-state index contributed by atoms with van der Waals surface area (Å²) in [6, 6.07) is 10.7. The molecule has 2 N–H and O–H groups in total. The van der Waals surface area contributed by atoms with E-state index in [0.29, 0.717) is 11.4 Å². The Balaban J connectivity index is 1.83. The maximum absolute atomic E-state index is 13.1. The van der Waals surface area contributed by atoms with Crippen LogP contribution in [0.3, 0.4) is 0 Å². The third-order valence-electron chi connectivity index (χ3n) is 4.99. The lowest BCUT2D eigenvalue weighted by Crippen LogP contribution is -2.43. The number of fused-ring (bicyclic) bond motifs is 1. The fourth-order valence-corrected chi connectivity index (χ4v) is 3.40. The maximum atomic E-state index is 13.1. The van der Waals surface area contributed by atoms with Crippen molar-refractivity contribution in [2.75, 3.05) is 12.4 Å². The number of hydrogen-bond donors (Lipinski definition) is 2. The van der Waals surface area contributed by atoms with Crippen LogP contribution in [0.2, 0.25) is 0 Å². The number of allylic oxidation sites excluding steroid dienone is 1. The van der Waals surface area contributed by atoms with Crippen LogP contribution in [-0.4, -0.2) is 36.7 Å². The van der Waals surface area contributed by atoms with Gasteiger partial charge in [0.25, 0.3) is 0 Å². The van der Waals surface area contributed by atoms with Crippen molar-refractivity contribution in [1.29, 1.82) is 0 Å². The normalized spacial score (nSPS) is 16.3. The van der Waals surface area contributed by atoms with E-state index in [4.69, 9.17) is 4.74 Å². The molecule has 32 heavy (non-hydrogen) atoms. The molecule has 0 aromatic heterocycles. The van der Waals surface area contributed by atoms with Gasteiger partial charge in [0.2, 0.25) is 0 Å². The molecular formula is C23H22F4N2O3. The van der Waals surface area contributed by atoms with Gasteiger partial charge in [-0.1, -0.05) is 6.07 Å². The third-order valence-corrected chi connectivity index (χ3v) is 4.99. The van der Waals surface area contributed by atoms with Crippen molar-refractivity contribution < 1.29 is 31.9 Å². The van der Waals surface area contributed by atoms with E-state index in [1.54, 1.807) is 12.4 Å². The maximum Gasteiger partial charge on any atom is 0.383 e. The van der Waals surface area contributed by atoms with Crippen molar-refractivity contribution in [1.82, 2.24) is 5.32 Å². The Morgan fingerprint density at radius 2 is 1.81 bits per heavy atom. The summed E-state index contributed by atoms with van der Waals surface area (Å²) in [5.74, 6) is -6.65. The van der Waals surface area contributed by atoms with E-state index >= 15 is 0 Å². The first-order chi connectivity index (χ1) is 14.9. The van der Waals surface area contributed by atoms with Gasteiger partial charge >= 0.3 is 18.3 Å². The van der Waals surface area contributed by atoms with Gasteiger partial charge in [0.1, 0.15) is 5.75 Å². The lowest BCUT2D eigenvalue weighted by atomic mass is 9.85. The summed E-state index contributed by atoms with van der Waals surface area (Å²) in [5.41, 5.74) is 2.28. The van der Waals surface area contributed by atoms with Gasteiger partial charge in [0, 0.05) is 34.1 Å². The number of halogens is 4. The first kappa shape index (κ1) is 23.3. The van der Waals surface area contributed by atoms with Crippen LogP contribution in [0.1, 0.15) is 35.3 Å². The number of hydrogen-bond acceptors (Lipinski definition) is 4. The molecular weight excluding hydrogens is 428 g/mol.